The molecule has 0 unspecified atom stereocenters. The van der Waals surface area contributed by atoms with Crippen molar-refractivity contribution in [1.82, 2.24) is 0 Å². The molecule has 0 aromatic carbocycles. The molecular weight excluding hydrogens is 368 g/mol. The van der Waals surface area contributed by atoms with Crippen LogP contribution >= 0.6 is 0 Å². The molecule has 0 aromatic rings. The molecule has 0 rings (SSSR count). The largest absolute Gasteiger partial charge is 0.481 e. The van der Waals surface area contributed by atoms with E-state index in [9.17, 15) is 9.59 Å². The van der Waals surface area contributed by atoms with Gasteiger partial charge < -0.3 is 15.7 Å². The maximum Gasteiger partial charge on any atom is 0.303 e. The molecular formula is C24H50O5. The molecule has 0 saturated heterocycles. The average Bonchev–Trinajstić information content (AvgIpc) is 2.65. The third kappa shape index (κ3) is 38.2. The third-order valence-corrected chi connectivity index (χ3v) is 4.99. The lowest BCUT2D eigenvalue weighted by Crippen LogP contribution is -1.93. The van der Waals surface area contributed by atoms with Crippen molar-refractivity contribution in [2.24, 2.45) is 0 Å². The molecule has 0 bridgehead atoms. The van der Waals surface area contributed by atoms with Crippen LogP contribution < -0.4 is 0 Å². The van der Waals surface area contributed by atoms with Crippen LogP contribution in [0.25, 0.3) is 0 Å². The lowest BCUT2D eigenvalue weighted by Gasteiger charge is -2.00. The van der Waals surface area contributed by atoms with E-state index in [0.29, 0.717) is 12.8 Å². The fourth-order valence-electron chi connectivity index (χ4n) is 3.17. The molecule has 0 amide bonds. The highest BCUT2D eigenvalue weighted by molar-refractivity contribution is 5.66. The summed E-state index contributed by atoms with van der Waals surface area (Å²) < 4.78 is 0. The maximum absolute atomic E-state index is 10.2. The van der Waals surface area contributed by atoms with Crippen molar-refractivity contribution in [3.8, 4) is 0 Å². The van der Waals surface area contributed by atoms with Crippen molar-refractivity contribution in [2.75, 3.05) is 0 Å². The summed E-state index contributed by atoms with van der Waals surface area (Å²) in [5.74, 6) is -1.32. The number of hydrogen-bond donors (Lipinski definition) is 2. The van der Waals surface area contributed by atoms with Crippen LogP contribution in [0.2, 0.25) is 0 Å². The Morgan fingerprint density at radius 2 is 0.655 bits per heavy atom. The molecule has 0 aliphatic heterocycles. The van der Waals surface area contributed by atoms with E-state index < -0.39 is 11.9 Å². The van der Waals surface area contributed by atoms with E-state index >= 15 is 0 Å². The lowest BCUT2D eigenvalue weighted by molar-refractivity contribution is -0.138. The monoisotopic (exact) mass is 418 g/mol. The number of carboxylic acids is 2. The Morgan fingerprint density at radius 1 is 0.448 bits per heavy atom. The summed E-state index contributed by atoms with van der Waals surface area (Å²) in [4.78, 5) is 20.4. The SMILES string of the molecule is CCCCCCCCCCCC(=O)O.CCCCCCCCCCCC(=O)O.O. The zero-order valence-electron chi connectivity index (χ0n) is 19.4. The molecule has 5 nitrogen and oxygen atoms in total. The quantitative estimate of drug-likeness (QED) is 0.204. The Labute approximate surface area is 180 Å². The smallest absolute Gasteiger partial charge is 0.303 e. The van der Waals surface area contributed by atoms with Crippen LogP contribution in [0.1, 0.15) is 142 Å². The van der Waals surface area contributed by atoms with Gasteiger partial charge in [0.2, 0.25) is 0 Å². The molecule has 4 N–H and O–H groups in total. The van der Waals surface area contributed by atoms with Crippen molar-refractivity contribution in [1.29, 1.82) is 0 Å². The van der Waals surface area contributed by atoms with Crippen molar-refractivity contribution >= 4 is 11.9 Å². The van der Waals surface area contributed by atoms with Gasteiger partial charge in [-0.1, -0.05) is 117 Å². The lowest BCUT2D eigenvalue weighted by atomic mass is 10.1. The zero-order chi connectivity index (χ0) is 21.3. The predicted octanol–water partition coefficient (Wildman–Crippen LogP) is 7.16. The van der Waals surface area contributed by atoms with Crippen molar-refractivity contribution in [2.45, 2.75) is 142 Å². The standard InChI is InChI=1S/2C12H24O2.H2O/c2*1-2-3-4-5-6-7-8-9-10-11-12(13)14;/h2*2-11H2,1H3,(H,13,14);1H2. The third-order valence-electron chi connectivity index (χ3n) is 4.99. The second-order valence-electron chi connectivity index (χ2n) is 7.94. The van der Waals surface area contributed by atoms with Crippen LogP contribution in [-0.2, 0) is 9.59 Å². The molecule has 0 atom stereocenters. The van der Waals surface area contributed by atoms with Crippen LogP contribution in [0, 0.1) is 0 Å². The predicted molar refractivity (Wildman–Crippen MR) is 123 cm³/mol. The van der Waals surface area contributed by atoms with Crippen molar-refractivity contribution in [3.05, 3.63) is 0 Å². The van der Waals surface area contributed by atoms with Crippen molar-refractivity contribution < 1.29 is 25.3 Å². The molecule has 29 heavy (non-hydrogen) atoms. The zero-order valence-corrected chi connectivity index (χ0v) is 19.4. The fraction of sp³-hybridized carbons (Fsp3) is 0.917. The summed E-state index contributed by atoms with van der Waals surface area (Å²) in [6.45, 7) is 4.46. The fourth-order valence-corrected chi connectivity index (χ4v) is 3.17. The molecule has 0 aliphatic carbocycles. The Hall–Kier alpha value is -1.10. The highest BCUT2D eigenvalue weighted by atomic mass is 16.4. The van der Waals surface area contributed by atoms with E-state index in [1.165, 1.54) is 89.9 Å². The van der Waals surface area contributed by atoms with Crippen LogP contribution in [0.15, 0.2) is 0 Å². The van der Waals surface area contributed by atoms with Gasteiger partial charge in [-0.05, 0) is 12.8 Å². The summed E-state index contributed by atoms with van der Waals surface area (Å²) >= 11 is 0. The van der Waals surface area contributed by atoms with Gasteiger partial charge in [0, 0.05) is 12.8 Å². The molecule has 0 radical (unpaired) electrons. The van der Waals surface area contributed by atoms with E-state index in [4.69, 9.17) is 10.2 Å². The van der Waals surface area contributed by atoms with Gasteiger partial charge in [0.05, 0.1) is 0 Å². The van der Waals surface area contributed by atoms with Gasteiger partial charge in [-0.3, -0.25) is 9.59 Å². The average molecular weight is 419 g/mol. The summed E-state index contributed by atoms with van der Waals surface area (Å²) in [5, 5.41) is 16.8. The Balaban J connectivity index is -0.000000451. The van der Waals surface area contributed by atoms with Crippen LogP contribution in [0.5, 0.6) is 0 Å². The summed E-state index contributed by atoms with van der Waals surface area (Å²) in [6, 6.07) is 0. The molecule has 0 spiro atoms. The van der Waals surface area contributed by atoms with E-state index in [0.717, 1.165) is 25.7 Å². The number of hydrogen-bond acceptors (Lipinski definition) is 2. The maximum atomic E-state index is 10.2. The first kappa shape index (κ1) is 32.6. The Kier molecular flexibility index (Phi) is 32.7. The minimum atomic E-state index is -0.659. The van der Waals surface area contributed by atoms with E-state index in [1.807, 2.05) is 0 Å². The molecule has 5 heteroatoms. The second kappa shape index (κ2) is 29.1. The minimum absolute atomic E-state index is 0. The van der Waals surface area contributed by atoms with E-state index in [1.54, 1.807) is 0 Å². The van der Waals surface area contributed by atoms with Crippen LogP contribution in [-0.4, -0.2) is 27.6 Å². The number of aliphatic carboxylic acids is 2. The normalized spacial score (nSPS) is 10.0. The Bertz CT molecular complexity index is 299. The highest BCUT2D eigenvalue weighted by Crippen LogP contribution is 2.11. The molecule has 0 aliphatic rings. The first-order valence-electron chi connectivity index (χ1n) is 12.0. The highest BCUT2D eigenvalue weighted by Gasteiger charge is 1.97. The number of rotatable bonds is 20. The molecule has 0 saturated carbocycles. The van der Waals surface area contributed by atoms with E-state index in [2.05, 4.69) is 13.8 Å². The molecule has 0 aromatic heterocycles. The van der Waals surface area contributed by atoms with Gasteiger partial charge in [-0.2, -0.15) is 0 Å². The van der Waals surface area contributed by atoms with Crippen LogP contribution in [0.3, 0.4) is 0 Å². The van der Waals surface area contributed by atoms with Gasteiger partial charge >= 0.3 is 11.9 Å². The second-order valence-corrected chi connectivity index (χ2v) is 7.94. The number of carboxylic acid groups (broad SMARTS) is 2. The van der Waals surface area contributed by atoms with Crippen LogP contribution in [0.4, 0.5) is 0 Å². The molecule has 0 heterocycles. The van der Waals surface area contributed by atoms with Gasteiger partial charge in [-0.15, -0.1) is 0 Å². The summed E-state index contributed by atoms with van der Waals surface area (Å²) in [5.41, 5.74) is 0. The van der Waals surface area contributed by atoms with Gasteiger partial charge in [0.15, 0.2) is 0 Å². The van der Waals surface area contributed by atoms with E-state index in [-0.39, 0.29) is 5.48 Å². The van der Waals surface area contributed by atoms with Crippen molar-refractivity contribution in [3.63, 3.8) is 0 Å². The number of unbranched alkanes of at least 4 members (excludes halogenated alkanes) is 16. The van der Waals surface area contributed by atoms with Gasteiger partial charge in [0.25, 0.3) is 0 Å². The topological polar surface area (TPSA) is 106 Å². The summed E-state index contributed by atoms with van der Waals surface area (Å²) in [6.07, 6.45) is 23.0. The molecule has 176 valence electrons. The Morgan fingerprint density at radius 3 is 0.862 bits per heavy atom. The first-order chi connectivity index (χ1) is 13.5. The number of carbonyl (C=O) groups is 2. The summed E-state index contributed by atoms with van der Waals surface area (Å²) in [7, 11) is 0. The first-order valence-corrected chi connectivity index (χ1v) is 12.0. The van der Waals surface area contributed by atoms with Gasteiger partial charge in [-0.25, -0.2) is 0 Å². The molecule has 0 fully saturated rings. The van der Waals surface area contributed by atoms with Gasteiger partial charge in [0.1, 0.15) is 0 Å². The minimum Gasteiger partial charge on any atom is -0.481 e.